The Morgan fingerprint density at radius 3 is 2.39 bits per heavy atom. The Balaban J connectivity index is 1.50. The minimum atomic E-state index is -0.432. The van der Waals surface area contributed by atoms with Crippen LogP contribution >= 0.6 is 0 Å². The first-order valence-electron chi connectivity index (χ1n) is 12.6. The van der Waals surface area contributed by atoms with Crippen molar-refractivity contribution in [2.45, 2.75) is 111 Å². The second kappa shape index (κ2) is 7.44. The van der Waals surface area contributed by atoms with Crippen molar-refractivity contribution in [3.63, 3.8) is 0 Å². The van der Waals surface area contributed by atoms with E-state index >= 15 is 0 Å². The van der Waals surface area contributed by atoms with E-state index in [0.29, 0.717) is 5.41 Å². The van der Waals surface area contributed by atoms with Crippen molar-refractivity contribution >= 4 is 0 Å². The summed E-state index contributed by atoms with van der Waals surface area (Å²) < 4.78 is 0. The van der Waals surface area contributed by atoms with Crippen molar-refractivity contribution in [1.29, 1.82) is 0 Å². The van der Waals surface area contributed by atoms with E-state index in [2.05, 4.69) is 46.8 Å². The van der Waals surface area contributed by atoms with Crippen molar-refractivity contribution < 1.29 is 5.11 Å². The van der Waals surface area contributed by atoms with Crippen molar-refractivity contribution in [3.8, 4) is 0 Å². The topological polar surface area (TPSA) is 20.2 Å². The third-order valence-corrected chi connectivity index (χ3v) is 10.6. The number of rotatable bonds is 5. The first-order valence-corrected chi connectivity index (χ1v) is 12.6. The van der Waals surface area contributed by atoms with E-state index in [1.165, 1.54) is 51.4 Å². The number of hydrogen-bond acceptors (Lipinski definition) is 1. The molecule has 0 heterocycles. The van der Waals surface area contributed by atoms with Crippen LogP contribution in [-0.2, 0) is 0 Å². The van der Waals surface area contributed by atoms with Gasteiger partial charge in [-0.15, -0.1) is 0 Å². The molecular formula is C27H46O. The van der Waals surface area contributed by atoms with Crippen molar-refractivity contribution in [2.24, 2.45) is 46.3 Å². The second-order valence-electron chi connectivity index (χ2n) is 12.3. The summed E-state index contributed by atoms with van der Waals surface area (Å²) in [5.41, 5.74) is 0.250. The van der Waals surface area contributed by atoms with Crippen LogP contribution in [0.3, 0.4) is 0 Å². The molecule has 0 spiro atoms. The van der Waals surface area contributed by atoms with Gasteiger partial charge in [0.05, 0.1) is 5.60 Å². The number of hydrogen-bond donors (Lipinski definition) is 1. The van der Waals surface area contributed by atoms with Crippen LogP contribution < -0.4 is 0 Å². The van der Waals surface area contributed by atoms with Gasteiger partial charge < -0.3 is 5.11 Å². The average Bonchev–Trinajstić information content (AvgIpc) is 2.99. The predicted molar refractivity (Wildman–Crippen MR) is 119 cm³/mol. The van der Waals surface area contributed by atoms with E-state index in [1.807, 2.05) is 0 Å². The summed E-state index contributed by atoms with van der Waals surface area (Å²) in [4.78, 5) is 0. The largest absolute Gasteiger partial charge is 0.389 e. The molecule has 0 unspecified atom stereocenters. The fourth-order valence-corrected chi connectivity index (χ4v) is 8.82. The molecular weight excluding hydrogens is 340 g/mol. The van der Waals surface area contributed by atoms with E-state index in [0.717, 1.165) is 54.8 Å². The zero-order chi connectivity index (χ0) is 20.2. The lowest BCUT2D eigenvalue weighted by Gasteiger charge is -2.63. The van der Waals surface area contributed by atoms with Crippen LogP contribution in [0.2, 0.25) is 0 Å². The van der Waals surface area contributed by atoms with Crippen LogP contribution in [0.15, 0.2) is 12.2 Å². The van der Waals surface area contributed by atoms with Gasteiger partial charge in [0.2, 0.25) is 0 Å². The third kappa shape index (κ3) is 3.14. The Bertz CT molecular complexity index is 593. The van der Waals surface area contributed by atoms with Crippen LogP contribution in [0, 0.1) is 46.3 Å². The molecule has 0 saturated heterocycles. The maximum absolute atomic E-state index is 11.5. The molecule has 4 aliphatic rings. The van der Waals surface area contributed by atoms with Gasteiger partial charge in [0.1, 0.15) is 0 Å². The molecule has 3 saturated carbocycles. The lowest BCUT2D eigenvalue weighted by atomic mass is 9.44. The molecule has 1 nitrogen and oxygen atoms in total. The van der Waals surface area contributed by atoms with E-state index in [9.17, 15) is 5.11 Å². The van der Waals surface area contributed by atoms with E-state index in [1.54, 1.807) is 0 Å². The number of allylic oxidation sites excluding steroid dienone is 1. The average molecular weight is 387 g/mol. The maximum atomic E-state index is 11.5. The summed E-state index contributed by atoms with van der Waals surface area (Å²) in [7, 11) is 0. The molecule has 0 bridgehead atoms. The molecule has 1 N–H and O–H groups in total. The molecule has 8 atom stereocenters. The van der Waals surface area contributed by atoms with Crippen LogP contribution in [0.1, 0.15) is 105 Å². The lowest BCUT2D eigenvalue weighted by molar-refractivity contribution is -0.188. The van der Waals surface area contributed by atoms with Gasteiger partial charge in [0, 0.05) is 5.41 Å². The fourth-order valence-electron chi connectivity index (χ4n) is 8.82. The molecule has 28 heavy (non-hydrogen) atoms. The quantitative estimate of drug-likeness (QED) is 0.488. The number of aliphatic hydroxyl groups is 1. The highest BCUT2D eigenvalue weighted by molar-refractivity contribution is 5.17. The van der Waals surface area contributed by atoms with Gasteiger partial charge in [-0.05, 0) is 92.3 Å². The molecule has 160 valence electrons. The summed E-state index contributed by atoms with van der Waals surface area (Å²) in [5.74, 6) is 5.19. The van der Waals surface area contributed by atoms with E-state index < -0.39 is 5.60 Å². The van der Waals surface area contributed by atoms with E-state index in [-0.39, 0.29) is 5.41 Å². The zero-order valence-electron chi connectivity index (χ0n) is 19.3. The Labute approximate surface area is 174 Å². The molecule has 0 aliphatic heterocycles. The van der Waals surface area contributed by atoms with Crippen molar-refractivity contribution in [1.82, 2.24) is 0 Å². The maximum Gasteiger partial charge on any atom is 0.0741 e. The minimum absolute atomic E-state index is 0.118. The molecule has 0 radical (unpaired) electrons. The third-order valence-electron chi connectivity index (χ3n) is 10.6. The minimum Gasteiger partial charge on any atom is -0.389 e. The molecule has 0 aromatic heterocycles. The SMILES string of the molecule is CC(C)CCC[C@@H](C)[C@@H]1CC[C@@H]2[C@@H]3CC[C@@]4(O)CC=CC[C@]4(C)[C@H]3CC[C@@]21C. The Morgan fingerprint density at radius 2 is 1.64 bits per heavy atom. The summed E-state index contributed by atoms with van der Waals surface area (Å²) in [6.45, 7) is 12.4. The van der Waals surface area contributed by atoms with Gasteiger partial charge in [-0.2, -0.15) is 0 Å². The smallest absolute Gasteiger partial charge is 0.0741 e. The summed E-state index contributed by atoms with van der Waals surface area (Å²) in [6.07, 6.45) is 18.9. The van der Waals surface area contributed by atoms with Crippen LogP contribution in [0.4, 0.5) is 0 Å². The predicted octanol–water partition coefficient (Wildman–Crippen LogP) is 7.39. The lowest BCUT2D eigenvalue weighted by Crippen LogP contribution is -2.60. The Kier molecular flexibility index (Phi) is 5.56. The summed E-state index contributed by atoms with van der Waals surface area (Å²) in [5, 5.41) is 11.5. The van der Waals surface area contributed by atoms with Crippen LogP contribution in [0.25, 0.3) is 0 Å². The Hall–Kier alpha value is -0.300. The molecule has 4 rings (SSSR count). The van der Waals surface area contributed by atoms with Crippen molar-refractivity contribution in [3.05, 3.63) is 12.2 Å². The van der Waals surface area contributed by atoms with Gasteiger partial charge in [-0.1, -0.05) is 66.0 Å². The van der Waals surface area contributed by atoms with Gasteiger partial charge in [0.25, 0.3) is 0 Å². The van der Waals surface area contributed by atoms with Crippen LogP contribution in [0.5, 0.6) is 0 Å². The highest BCUT2D eigenvalue weighted by atomic mass is 16.3. The molecule has 0 aromatic carbocycles. The van der Waals surface area contributed by atoms with Gasteiger partial charge in [-0.3, -0.25) is 0 Å². The first kappa shape index (κ1) is 21.0. The highest BCUT2D eigenvalue weighted by Crippen LogP contribution is 2.68. The van der Waals surface area contributed by atoms with E-state index in [4.69, 9.17) is 0 Å². The monoisotopic (exact) mass is 386 g/mol. The number of fused-ring (bicyclic) bond motifs is 5. The first-order chi connectivity index (χ1) is 13.2. The molecule has 0 amide bonds. The standard InChI is InChI=1S/C27H46O/c1-19(2)9-8-10-20(3)22-11-12-23-21-13-18-27(28)16-7-6-15-26(27,5)24(21)14-17-25(22,23)4/h6-7,19-24,28H,8-18H2,1-5H3/t20-,21+,22+,23-,24+,25-,26-,27+/m1/s1. The van der Waals surface area contributed by atoms with Crippen LogP contribution in [-0.4, -0.2) is 10.7 Å². The van der Waals surface area contributed by atoms with Gasteiger partial charge >= 0.3 is 0 Å². The molecule has 3 fully saturated rings. The summed E-state index contributed by atoms with van der Waals surface area (Å²) >= 11 is 0. The molecule has 4 aliphatic carbocycles. The summed E-state index contributed by atoms with van der Waals surface area (Å²) in [6, 6.07) is 0. The Morgan fingerprint density at radius 1 is 0.893 bits per heavy atom. The molecule has 0 aromatic rings. The van der Waals surface area contributed by atoms with Gasteiger partial charge in [-0.25, -0.2) is 0 Å². The highest BCUT2D eigenvalue weighted by Gasteiger charge is 2.63. The van der Waals surface area contributed by atoms with Gasteiger partial charge in [0.15, 0.2) is 0 Å². The fraction of sp³-hybridized carbons (Fsp3) is 0.926. The zero-order valence-corrected chi connectivity index (χ0v) is 19.3. The van der Waals surface area contributed by atoms with Crippen molar-refractivity contribution in [2.75, 3.05) is 0 Å². The second-order valence-corrected chi connectivity index (χ2v) is 12.3. The molecule has 1 heteroatoms. The normalized spacial score (nSPS) is 48.8.